The average molecular weight is 322 g/mol. The molecule has 0 atom stereocenters. The van der Waals surface area contributed by atoms with Gasteiger partial charge in [0, 0.05) is 26.6 Å². The third-order valence-electron chi connectivity index (χ3n) is 4.10. The van der Waals surface area contributed by atoms with Crippen molar-refractivity contribution in [2.24, 2.45) is 5.92 Å². The Balaban J connectivity index is 2.00. The molecule has 0 saturated carbocycles. The van der Waals surface area contributed by atoms with E-state index in [4.69, 9.17) is 5.11 Å². The Labute approximate surface area is 133 Å². The van der Waals surface area contributed by atoms with Gasteiger partial charge in [0.15, 0.2) is 0 Å². The number of halogens is 1. The molecule has 2 amide bonds. The number of hydrogen-bond donors (Lipinski definition) is 2. The normalized spacial score (nSPS) is 15.3. The summed E-state index contributed by atoms with van der Waals surface area (Å²) >= 11 is 0. The zero-order valence-electron chi connectivity index (χ0n) is 12.8. The second kappa shape index (κ2) is 7.21. The summed E-state index contributed by atoms with van der Waals surface area (Å²) in [6, 6.07) is 3.28. The highest BCUT2D eigenvalue weighted by Crippen LogP contribution is 2.22. The molecule has 0 spiro atoms. The first-order chi connectivity index (χ1) is 10.9. The van der Waals surface area contributed by atoms with Crippen molar-refractivity contribution in [3.05, 3.63) is 35.1 Å². The molecule has 6 nitrogen and oxygen atoms in total. The number of likely N-dealkylation sites (tertiary alicyclic amines) is 1. The first-order valence-corrected chi connectivity index (χ1v) is 7.45. The van der Waals surface area contributed by atoms with Gasteiger partial charge >= 0.3 is 5.97 Å². The third-order valence-corrected chi connectivity index (χ3v) is 4.10. The summed E-state index contributed by atoms with van der Waals surface area (Å²) in [5.41, 5.74) is -0.317. The van der Waals surface area contributed by atoms with Crippen molar-refractivity contribution in [1.29, 1.82) is 0 Å². The van der Waals surface area contributed by atoms with E-state index in [0.717, 1.165) is 6.07 Å². The number of hydrogen-bond acceptors (Lipinski definition) is 3. The Bertz CT molecular complexity index is 625. The smallest absolute Gasteiger partial charge is 0.335 e. The number of nitrogens with one attached hydrogen (secondary N) is 1. The predicted octanol–water partition coefficient (Wildman–Crippen LogP) is 1.51. The van der Waals surface area contributed by atoms with Gasteiger partial charge in [-0.2, -0.15) is 0 Å². The first kappa shape index (κ1) is 16.9. The summed E-state index contributed by atoms with van der Waals surface area (Å²) < 4.78 is 13.9. The Hall–Kier alpha value is -2.44. The van der Waals surface area contributed by atoms with Gasteiger partial charge in [-0.05, 0) is 37.0 Å². The van der Waals surface area contributed by atoms with Gasteiger partial charge in [-0.25, -0.2) is 9.18 Å². The number of amides is 2. The molecule has 1 heterocycles. The zero-order chi connectivity index (χ0) is 17.0. The van der Waals surface area contributed by atoms with Gasteiger partial charge in [-0.15, -0.1) is 0 Å². The lowest BCUT2D eigenvalue weighted by atomic mass is 9.93. The molecule has 1 aromatic carbocycles. The molecule has 0 bridgehead atoms. The zero-order valence-corrected chi connectivity index (χ0v) is 12.8. The molecule has 2 rings (SSSR count). The molecule has 1 aliphatic rings. The topological polar surface area (TPSA) is 86.7 Å². The van der Waals surface area contributed by atoms with Gasteiger partial charge in [-0.3, -0.25) is 9.59 Å². The summed E-state index contributed by atoms with van der Waals surface area (Å²) in [6.07, 6.45) is 1.81. The van der Waals surface area contributed by atoms with Crippen LogP contribution >= 0.6 is 0 Å². The molecule has 1 aliphatic heterocycles. The Kier molecular flexibility index (Phi) is 5.31. The number of carbonyl (C=O) groups is 3. The van der Waals surface area contributed by atoms with Crippen LogP contribution in [0.2, 0.25) is 0 Å². The third kappa shape index (κ3) is 4.06. The second-order valence-electron chi connectivity index (χ2n) is 5.61. The van der Waals surface area contributed by atoms with E-state index in [2.05, 4.69) is 5.32 Å². The maximum atomic E-state index is 13.9. The van der Waals surface area contributed by atoms with Crippen LogP contribution in [0.1, 0.15) is 40.0 Å². The molecule has 2 N–H and O–H groups in total. The summed E-state index contributed by atoms with van der Waals surface area (Å²) in [6.45, 7) is 0.918. The highest BCUT2D eigenvalue weighted by molar-refractivity contribution is 5.96. The largest absolute Gasteiger partial charge is 0.478 e. The number of nitrogens with zero attached hydrogens (tertiary/aromatic N) is 1. The van der Waals surface area contributed by atoms with Gasteiger partial charge in [0.25, 0.3) is 5.91 Å². The number of carboxylic acids is 1. The van der Waals surface area contributed by atoms with Crippen LogP contribution in [-0.2, 0) is 4.79 Å². The number of rotatable bonds is 4. The van der Waals surface area contributed by atoms with Crippen molar-refractivity contribution >= 4 is 17.8 Å². The van der Waals surface area contributed by atoms with Crippen LogP contribution < -0.4 is 5.32 Å². The molecule has 0 aromatic heterocycles. The van der Waals surface area contributed by atoms with Crippen LogP contribution in [0.4, 0.5) is 4.39 Å². The summed E-state index contributed by atoms with van der Waals surface area (Å²) in [7, 11) is 1.59. The van der Waals surface area contributed by atoms with E-state index >= 15 is 0 Å². The number of piperidine rings is 1. The molecule has 23 heavy (non-hydrogen) atoms. The molecule has 1 aromatic rings. The van der Waals surface area contributed by atoms with E-state index < -0.39 is 17.7 Å². The monoisotopic (exact) mass is 322 g/mol. The lowest BCUT2D eigenvalue weighted by Gasteiger charge is -2.31. The van der Waals surface area contributed by atoms with Crippen molar-refractivity contribution < 1.29 is 23.9 Å². The fourth-order valence-electron chi connectivity index (χ4n) is 2.70. The second-order valence-corrected chi connectivity index (χ2v) is 5.61. The van der Waals surface area contributed by atoms with Crippen molar-refractivity contribution in [2.45, 2.75) is 19.3 Å². The number of carbonyl (C=O) groups excluding carboxylic acids is 2. The molecule has 1 saturated heterocycles. The van der Waals surface area contributed by atoms with E-state index in [1.54, 1.807) is 11.9 Å². The lowest BCUT2D eigenvalue weighted by molar-refractivity contribution is -0.121. The number of aromatic carboxylic acids is 1. The van der Waals surface area contributed by atoms with Gasteiger partial charge in [-0.1, -0.05) is 0 Å². The van der Waals surface area contributed by atoms with Crippen LogP contribution in [0.15, 0.2) is 18.2 Å². The van der Waals surface area contributed by atoms with Gasteiger partial charge in [0.05, 0.1) is 11.1 Å². The molecule has 0 radical (unpaired) electrons. The van der Waals surface area contributed by atoms with E-state index in [0.29, 0.717) is 32.4 Å². The van der Waals surface area contributed by atoms with Gasteiger partial charge in [0.1, 0.15) is 5.82 Å². The van der Waals surface area contributed by atoms with Crippen molar-refractivity contribution in [3.63, 3.8) is 0 Å². The lowest BCUT2D eigenvalue weighted by Crippen LogP contribution is -2.39. The fraction of sp³-hybridized carbons (Fsp3) is 0.438. The van der Waals surface area contributed by atoms with E-state index in [1.165, 1.54) is 12.1 Å². The maximum Gasteiger partial charge on any atom is 0.335 e. The molecule has 124 valence electrons. The van der Waals surface area contributed by atoms with Crippen LogP contribution in [0.5, 0.6) is 0 Å². The Morgan fingerprint density at radius 3 is 2.48 bits per heavy atom. The molecular weight excluding hydrogens is 303 g/mol. The molecule has 1 fully saturated rings. The van der Waals surface area contributed by atoms with E-state index in [-0.39, 0.29) is 23.0 Å². The molecular formula is C16H19FN2O4. The van der Waals surface area contributed by atoms with Crippen molar-refractivity contribution in [2.75, 3.05) is 20.1 Å². The van der Waals surface area contributed by atoms with E-state index in [9.17, 15) is 18.8 Å². The minimum Gasteiger partial charge on any atom is -0.478 e. The van der Waals surface area contributed by atoms with Crippen LogP contribution in [-0.4, -0.2) is 47.9 Å². The highest BCUT2D eigenvalue weighted by Gasteiger charge is 2.26. The summed E-state index contributed by atoms with van der Waals surface area (Å²) in [5.74, 6) is -2.32. The van der Waals surface area contributed by atoms with Gasteiger partial charge in [0.2, 0.25) is 5.91 Å². The van der Waals surface area contributed by atoms with Crippen LogP contribution in [0, 0.1) is 11.7 Å². The molecule has 7 heteroatoms. The quantitative estimate of drug-likeness (QED) is 0.880. The summed E-state index contributed by atoms with van der Waals surface area (Å²) in [5, 5.41) is 11.4. The molecule has 0 aliphatic carbocycles. The fourth-order valence-corrected chi connectivity index (χ4v) is 2.70. The summed E-state index contributed by atoms with van der Waals surface area (Å²) in [4.78, 5) is 36.0. The van der Waals surface area contributed by atoms with Crippen LogP contribution in [0.25, 0.3) is 0 Å². The Morgan fingerprint density at radius 2 is 1.96 bits per heavy atom. The SMILES string of the molecule is CNC(=O)CC1CCN(C(=O)c2ccc(C(=O)O)cc2F)CC1. The van der Waals surface area contributed by atoms with Crippen molar-refractivity contribution in [3.8, 4) is 0 Å². The number of benzene rings is 1. The molecule has 0 unspecified atom stereocenters. The Morgan fingerprint density at radius 1 is 1.30 bits per heavy atom. The first-order valence-electron chi connectivity index (χ1n) is 7.45. The minimum atomic E-state index is -1.24. The van der Waals surface area contributed by atoms with Crippen LogP contribution in [0.3, 0.4) is 0 Å². The van der Waals surface area contributed by atoms with Crippen molar-refractivity contribution in [1.82, 2.24) is 10.2 Å². The van der Waals surface area contributed by atoms with E-state index in [1.807, 2.05) is 0 Å². The number of carboxylic acid groups (broad SMARTS) is 1. The predicted molar refractivity (Wildman–Crippen MR) is 80.7 cm³/mol. The average Bonchev–Trinajstić information content (AvgIpc) is 2.54. The standard InChI is InChI=1S/C16H19FN2O4/c1-18-14(20)8-10-4-6-19(7-5-10)15(21)12-3-2-11(16(22)23)9-13(12)17/h2-3,9-10H,4-8H2,1H3,(H,18,20)(H,22,23). The maximum absolute atomic E-state index is 13.9. The van der Waals surface area contributed by atoms with Gasteiger partial charge < -0.3 is 15.3 Å². The highest BCUT2D eigenvalue weighted by atomic mass is 19.1. The minimum absolute atomic E-state index is 0.0231.